The maximum absolute atomic E-state index is 5.70. The lowest BCUT2D eigenvalue weighted by atomic mass is 9.93. The van der Waals surface area contributed by atoms with Crippen LogP contribution in [0.15, 0.2) is 39.6 Å². The Morgan fingerprint density at radius 2 is 2.06 bits per heavy atom. The summed E-state index contributed by atoms with van der Waals surface area (Å²) in [6.45, 7) is 1.08. The standard InChI is InChI=1S/C15H15NO2/c1-2-6-16-12(3-1)14-11-5-8-17-13(11)9-10-4-7-18-15(10)14/h4-5,7-9,12,16H,1-3,6H2. The first-order valence-electron chi connectivity index (χ1n) is 6.54. The van der Waals surface area contributed by atoms with Crippen molar-refractivity contribution in [3.8, 4) is 0 Å². The molecule has 92 valence electrons. The van der Waals surface area contributed by atoms with Crippen molar-refractivity contribution in [2.24, 2.45) is 0 Å². The van der Waals surface area contributed by atoms with Crippen molar-refractivity contribution in [3.63, 3.8) is 0 Å². The summed E-state index contributed by atoms with van der Waals surface area (Å²) < 4.78 is 11.3. The first-order chi connectivity index (χ1) is 8.93. The van der Waals surface area contributed by atoms with Crippen molar-refractivity contribution >= 4 is 21.9 Å². The summed E-state index contributed by atoms with van der Waals surface area (Å²) in [5.41, 5.74) is 3.22. The van der Waals surface area contributed by atoms with Gasteiger partial charge in [-0.2, -0.15) is 0 Å². The molecule has 4 rings (SSSR count). The fourth-order valence-corrected chi connectivity index (χ4v) is 3.01. The van der Waals surface area contributed by atoms with Crippen LogP contribution in [0.5, 0.6) is 0 Å². The summed E-state index contributed by atoms with van der Waals surface area (Å²) in [4.78, 5) is 0. The quantitative estimate of drug-likeness (QED) is 0.700. The molecule has 3 heterocycles. The van der Waals surface area contributed by atoms with Gasteiger partial charge < -0.3 is 14.2 Å². The molecule has 0 bridgehead atoms. The fourth-order valence-electron chi connectivity index (χ4n) is 3.01. The Morgan fingerprint density at radius 3 is 2.94 bits per heavy atom. The Kier molecular flexibility index (Phi) is 2.20. The predicted molar refractivity (Wildman–Crippen MR) is 70.6 cm³/mol. The minimum Gasteiger partial charge on any atom is -0.464 e. The van der Waals surface area contributed by atoms with Crippen molar-refractivity contribution in [1.82, 2.24) is 5.32 Å². The Balaban J connectivity index is 2.02. The van der Waals surface area contributed by atoms with Crippen LogP contribution in [0.25, 0.3) is 21.9 Å². The molecule has 1 saturated heterocycles. The number of furan rings is 2. The van der Waals surface area contributed by atoms with Crippen LogP contribution < -0.4 is 5.32 Å². The number of benzene rings is 1. The number of rotatable bonds is 1. The summed E-state index contributed by atoms with van der Waals surface area (Å²) in [6.07, 6.45) is 7.22. The van der Waals surface area contributed by atoms with Crippen LogP contribution in [0.4, 0.5) is 0 Å². The molecule has 2 aromatic heterocycles. The van der Waals surface area contributed by atoms with E-state index in [2.05, 4.69) is 11.4 Å². The molecule has 0 spiro atoms. The molecule has 18 heavy (non-hydrogen) atoms. The molecule has 1 aliphatic rings. The molecule has 1 aliphatic heterocycles. The van der Waals surface area contributed by atoms with Gasteiger partial charge in [-0.3, -0.25) is 0 Å². The van der Waals surface area contributed by atoms with Crippen molar-refractivity contribution in [2.45, 2.75) is 25.3 Å². The van der Waals surface area contributed by atoms with Crippen LogP contribution in [-0.4, -0.2) is 6.54 Å². The monoisotopic (exact) mass is 241 g/mol. The van der Waals surface area contributed by atoms with E-state index in [4.69, 9.17) is 8.83 Å². The molecule has 0 saturated carbocycles. The third-order valence-corrected chi connectivity index (χ3v) is 3.87. The lowest BCUT2D eigenvalue weighted by molar-refractivity contribution is 0.412. The molecule has 3 aromatic rings. The van der Waals surface area contributed by atoms with E-state index in [1.807, 2.05) is 12.1 Å². The minimum atomic E-state index is 0.383. The average molecular weight is 241 g/mol. The van der Waals surface area contributed by atoms with Crippen LogP contribution in [0, 0.1) is 0 Å². The molecule has 1 atom stereocenters. The van der Waals surface area contributed by atoms with Crippen LogP contribution in [-0.2, 0) is 0 Å². The molecule has 1 unspecified atom stereocenters. The minimum absolute atomic E-state index is 0.383. The molecular formula is C15H15NO2. The second-order valence-corrected chi connectivity index (χ2v) is 4.96. The second-order valence-electron chi connectivity index (χ2n) is 4.96. The van der Waals surface area contributed by atoms with Crippen LogP contribution in [0.1, 0.15) is 30.9 Å². The van der Waals surface area contributed by atoms with Crippen molar-refractivity contribution < 1.29 is 8.83 Å². The molecule has 3 heteroatoms. The van der Waals surface area contributed by atoms with E-state index in [0.717, 1.165) is 23.1 Å². The largest absolute Gasteiger partial charge is 0.464 e. The summed E-state index contributed by atoms with van der Waals surface area (Å²) in [7, 11) is 0. The topological polar surface area (TPSA) is 38.3 Å². The molecular weight excluding hydrogens is 226 g/mol. The van der Waals surface area contributed by atoms with Crippen molar-refractivity contribution in [1.29, 1.82) is 0 Å². The van der Waals surface area contributed by atoms with Gasteiger partial charge >= 0.3 is 0 Å². The third-order valence-electron chi connectivity index (χ3n) is 3.87. The lowest BCUT2D eigenvalue weighted by Crippen LogP contribution is -2.26. The van der Waals surface area contributed by atoms with E-state index in [1.54, 1.807) is 12.5 Å². The van der Waals surface area contributed by atoms with Crippen LogP contribution in [0.2, 0.25) is 0 Å². The molecule has 1 aromatic carbocycles. The van der Waals surface area contributed by atoms with Crippen LogP contribution >= 0.6 is 0 Å². The summed E-state index contributed by atoms with van der Waals surface area (Å²) >= 11 is 0. The Labute approximate surface area is 105 Å². The summed E-state index contributed by atoms with van der Waals surface area (Å²) in [5, 5.41) is 5.90. The first-order valence-corrected chi connectivity index (χ1v) is 6.54. The highest BCUT2D eigenvalue weighted by molar-refractivity contribution is 5.98. The number of hydrogen-bond donors (Lipinski definition) is 1. The Morgan fingerprint density at radius 1 is 1.11 bits per heavy atom. The molecule has 0 radical (unpaired) electrons. The fraction of sp³-hybridized carbons (Fsp3) is 0.333. The van der Waals surface area contributed by atoms with Crippen LogP contribution in [0.3, 0.4) is 0 Å². The number of fused-ring (bicyclic) bond motifs is 2. The highest BCUT2D eigenvalue weighted by atomic mass is 16.3. The van der Waals surface area contributed by atoms with Gasteiger partial charge in [0.2, 0.25) is 0 Å². The van der Waals surface area contributed by atoms with Gasteiger partial charge in [0.05, 0.1) is 12.5 Å². The average Bonchev–Trinajstić information content (AvgIpc) is 3.04. The van der Waals surface area contributed by atoms with E-state index in [9.17, 15) is 0 Å². The maximum Gasteiger partial charge on any atom is 0.139 e. The van der Waals surface area contributed by atoms with Gasteiger partial charge in [0.15, 0.2) is 0 Å². The van der Waals surface area contributed by atoms with Gasteiger partial charge in [-0.1, -0.05) is 6.42 Å². The Hall–Kier alpha value is -1.74. The zero-order valence-electron chi connectivity index (χ0n) is 10.1. The van der Waals surface area contributed by atoms with Gasteiger partial charge in [0.1, 0.15) is 11.2 Å². The van der Waals surface area contributed by atoms with Gasteiger partial charge in [0.25, 0.3) is 0 Å². The van der Waals surface area contributed by atoms with Crippen molar-refractivity contribution in [2.75, 3.05) is 6.54 Å². The highest BCUT2D eigenvalue weighted by Crippen LogP contribution is 2.36. The van der Waals surface area contributed by atoms with Gasteiger partial charge in [-0.25, -0.2) is 0 Å². The van der Waals surface area contributed by atoms with Gasteiger partial charge in [-0.15, -0.1) is 0 Å². The molecule has 0 aliphatic carbocycles. The number of piperidine rings is 1. The normalized spacial score (nSPS) is 20.8. The highest BCUT2D eigenvalue weighted by Gasteiger charge is 2.22. The predicted octanol–water partition coefficient (Wildman–Crippen LogP) is 3.99. The first kappa shape index (κ1) is 10.2. The van der Waals surface area contributed by atoms with E-state index in [0.29, 0.717) is 6.04 Å². The zero-order valence-corrected chi connectivity index (χ0v) is 10.1. The van der Waals surface area contributed by atoms with E-state index in [1.165, 1.54) is 30.2 Å². The van der Waals surface area contributed by atoms with E-state index in [-0.39, 0.29) is 0 Å². The SMILES string of the molecule is c1cc2c(C3CCCCN3)c3occc3cc2o1. The number of hydrogen-bond acceptors (Lipinski definition) is 3. The van der Waals surface area contributed by atoms with Gasteiger partial charge in [0, 0.05) is 22.4 Å². The number of nitrogens with one attached hydrogen (secondary N) is 1. The molecule has 0 amide bonds. The molecule has 1 fully saturated rings. The molecule has 3 nitrogen and oxygen atoms in total. The Bertz CT molecular complexity index is 640. The maximum atomic E-state index is 5.70. The van der Waals surface area contributed by atoms with E-state index < -0.39 is 0 Å². The smallest absolute Gasteiger partial charge is 0.139 e. The molecule has 1 N–H and O–H groups in total. The summed E-state index contributed by atoms with van der Waals surface area (Å²) in [6, 6.07) is 6.49. The second kappa shape index (κ2) is 3.89. The lowest BCUT2D eigenvalue weighted by Gasteiger charge is -2.24. The summed E-state index contributed by atoms with van der Waals surface area (Å²) in [5.74, 6) is 0. The van der Waals surface area contributed by atoms with Gasteiger partial charge in [-0.05, 0) is 37.6 Å². The third kappa shape index (κ3) is 1.40. The zero-order chi connectivity index (χ0) is 11.9. The van der Waals surface area contributed by atoms with E-state index >= 15 is 0 Å². The van der Waals surface area contributed by atoms with Crippen molar-refractivity contribution in [3.05, 3.63) is 36.3 Å².